The molecule has 1 heterocycles. The van der Waals surface area contributed by atoms with Gasteiger partial charge in [0.25, 0.3) is 0 Å². The molecule has 2 heteroatoms. The van der Waals surface area contributed by atoms with Crippen LogP contribution in [0, 0.1) is 0 Å². The smallest absolute Gasteiger partial charge is 0.0586 e. The van der Waals surface area contributed by atoms with Gasteiger partial charge in [-0.15, -0.1) is 0 Å². The Hall–Kier alpha value is -0.0800. The van der Waals surface area contributed by atoms with E-state index in [1.165, 1.54) is 12.8 Å². The van der Waals surface area contributed by atoms with Gasteiger partial charge in [0.15, 0.2) is 0 Å². The predicted octanol–water partition coefficient (Wildman–Crippen LogP) is 0.304. The first-order valence-corrected chi connectivity index (χ1v) is 3.30. The molecule has 2 nitrogen and oxygen atoms in total. The van der Waals surface area contributed by atoms with Gasteiger partial charge < -0.3 is 5.32 Å². The summed E-state index contributed by atoms with van der Waals surface area (Å²) >= 11 is 0. The van der Waals surface area contributed by atoms with Crippen LogP contribution in [0.3, 0.4) is 0 Å². The van der Waals surface area contributed by atoms with Crippen LogP contribution >= 0.6 is 0 Å². The van der Waals surface area contributed by atoms with Crippen LogP contribution in [0.2, 0.25) is 0 Å². The molecule has 0 aromatic heterocycles. The zero-order valence-electron chi connectivity index (χ0n) is 5.57. The minimum Gasteiger partial charge on any atom is -0.305 e. The number of hydrogen-bond acceptors (Lipinski definition) is 2. The summed E-state index contributed by atoms with van der Waals surface area (Å²) in [5, 5.41) is 6.52. The average Bonchev–Trinajstić information content (AvgIpc) is 1.65. The molecule has 0 aliphatic carbocycles. The first kappa shape index (κ1) is 6.05. The van der Waals surface area contributed by atoms with E-state index < -0.39 is 0 Å². The van der Waals surface area contributed by atoms with Crippen molar-refractivity contribution in [2.24, 2.45) is 0 Å². The van der Waals surface area contributed by atoms with E-state index in [1.807, 2.05) is 7.05 Å². The number of rotatable bonds is 2. The van der Waals surface area contributed by atoms with Gasteiger partial charge in [0.1, 0.15) is 0 Å². The van der Waals surface area contributed by atoms with Crippen LogP contribution in [0.4, 0.5) is 0 Å². The second kappa shape index (κ2) is 2.46. The quantitative estimate of drug-likeness (QED) is 0.539. The van der Waals surface area contributed by atoms with Crippen molar-refractivity contribution < 1.29 is 0 Å². The molecule has 0 radical (unpaired) electrons. The summed E-state index contributed by atoms with van der Waals surface area (Å²) in [4.78, 5) is 0. The van der Waals surface area contributed by atoms with Gasteiger partial charge >= 0.3 is 0 Å². The average molecular weight is 114 g/mol. The SMILES string of the molecule is CCC1CC(NC)N1. The normalized spacial score (nSPS) is 36.8. The molecule has 1 saturated heterocycles. The van der Waals surface area contributed by atoms with Crippen LogP contribution in [0.5, 0.6) is 0 Å². The third-order valence-corrected chi connectivity index (χ3v) is 1.80. The minimum absolute atomic E-state index is 0.597. The first-order chi connectivity index (χ1) is 3.86. The Bertz CT molecular complexity index is 58.9. The van der Waals surface area contributed by atoms with Crippen LogP contribution in [0.1, 0.15) is 19.8 Å². The van der Waals surface area contributed by atoms with Crippen molar-refractivity contribution in [2.75, 3.05) is 7.05 Å². The Morgan fingerprint density at radius 3 is 2.75 bits per heavy atom. The van der Waals surface area contributed by atoms with E-state index in [0.29, 0.717) is 6.17 Å². The number of nitrogens with one attached hydrogen (secondary N) is 2. The van der Waals surface area contributed by atoms with E-state index in [1.54, 1.807) is 0 Å². The van der Waals surface area contributed by atoms with E-state index in [4.69, 9.17) is 0 Å². The summed E-state index contributed by atoms with van der Waals surface area (Å²) in [6.45, 7) is 2.21. The van der Waals surface area contributed by atoms with Gasteiger partial charge in [-0.05, 0) is 19.9 Å². The van der Waals surface area contributed by atoms with Gasteiger partial charge in [-0.3, -0.25) is 5.32 Å². The molecule has 2 atom stereocenters. The molecule has 0 aromatic carbocycles. The highest BCUT2D eigenvalue weighted by atomic mass is 15.2. The van der Waals surface area contributed by atoms with Crippen molar-refractivity contribution in [2.45, 2.75) is 32.0 Å². The molecule has 0 spiro atoms. The molecule has 2 unspecified atom stereocenters. The Morgan fingerprint density at radius 1 is 1.75 bits per heavy atom. The minimum atomic E-state index is 0.597. The molecule has 1 fully saturated rings. The van der Waals surface area contributed by atoms with Gasteiger partial charge in [-0.1, -0.05) is 6.92 Å². The highest BCUT2D eigenvalue weighted by Gasteiger charge is 2.23. The largest absolute Gasteiger partial charge is 0.305 e. The third kappa shape index (κ3) is 1.01. The van der Waals surface area contributed by atoms with Crippen LogP contribution < -0.4 is 10.6 Å². The molecular formula is C6H14N2. The molecule has 0 bridgehead atoms. The Labute approximate surface area is 50.7 Å². The molecule has 2 N–H and O–H groups in total. The Kier molecular flexibility index (Phi) is 1.86. The van der Waals surface area contributed by atoms with Crippen LogP contribution in [0.25, 0.3) is 0 Å². The van der Waals surface area contributed by atoms with E-state index in [0.717, 1.165) is 6.04 Å². The maximum Gasteiger partial charge on any atom is 0.0586 e. The van der Waals surface area contributed by atoms with Gasteiger partial charge in [-0.25, -0.2) is 0 Å². The fraction of sp³-hybridized carbons (Fsp3) is 1.00. The standard InChI is InChI=1S/C6H14N2/c1-3-5-4-6(7-2)8-5/h5-8H,3-4H2,1-2H3. The maximum atomic E-state index is 3.37. The van der Waals surface area contributed by atoms with E-state index in [9.17, 15) is 0 Å². The van der Waals surface area contributed by atoms with Crippen molar-refractivity contribution in [1.82, 2.24) is 10.6 Å². The summed E-state index contributed by atoms with van der Waals surface area (Å²) in [7, 11) is 1.99. The lowest BCUT2D eigenvalue weighted by Crippen LogP contribution is -2.58. The molecule has 48 valence electrons. The molecular weight excluding hydrogens is 100 g/mol. The van der Waals surface area contributed by atoms with Crippen molar-refractivity contribution >= 4 is 0 Å². The van der Waals surface area contributed by atoms with Gasteiger partial charge in [0.05, 0.1) is 6.17 Å². The molecule has 1 aliphatic heterocycles. The Balaban J connectivity index is 2.03. The molecule has 1 rings (SSSR count). The van der Waals surface area contributed by atoms with Crippen LogP contribution in [-0.2, 0) is 0 Å². The topological polar surface area (TPSA) is 24.1 Å². The summed E-state index contributed by atoms with van der Waals surface area (Å²) in [6.07, 6.45) is 3.16. The lowest BCUT2D eigenvalue weighted by molar-refractivity contribution is 0.229. The van der Waals surface area contributed by atoms with Crippen molar-refractivity contribution in [3.8, 4) is 0 Å². The highest BCUT2D eigenvalue weighted by Crippen LogP contribution is 2.10. The van der Waals surface area contributed by atoms with Crippen LogP contribution in [0.15, 0.2) is 0 Å². The van der Waals surface area contributed by atoms with E-state index in [-0.39, 0.29) is 0 Å². The fourth-order valence-corrected chi connectivity index (χ4v) is 1.03. The van der Waals surface area contributed by atoms with Crippen LogP contribution in [-0.4, -0.2) is 19.3 Å². The predicted molar refractivity (Wildman–Crippen MR) is 34.7 cm³/mol. The highest BCUT2D eigenvalue weighted by molar-refractivity contribution is 4.84. The summed E-state index contributed by atoms with van der Waals surface area (Å²) in [5.41, 5.74) is 0. The summed E-state index contributed by atoms with van der Waals surface area (Å²) in [6, 6.07) is 0.785. The van der Waals surface area contributed by atoms with Gasteiger partial charge in [0, 0.05) is 6.04 Å². The van der Waals surface area contributed by atoms with Crippen molar-refractivity contribution in [1.29, 1.82) is 0 Å². The molecule has 8 heavy (non-hydrogen) atoms. The molecule has 0 aromatic rings. The molecule has 0 saturated carbocycles. The maximum absolute atomic E-state index is 3.37. The summed E-state index contributed by atoms with van der Waals surface area (Å²) < 4.78 is 0. The second-order valence-corrected chi connectivity index (χ2v) is 2.35. The fourth-order valence-electron chi connectivity index (χ4n) is 1.03. The lowest BCUT2D eigenvalue weighted by Gasteiger charge is -2.36. The lowest BCUT2D eigenvalue weighted by atomic mass is 10.0. The van der Waals surface area contributed by atoms with Crippen molar-refractivity contribution in [3.05, 3.63) is 0 Å². The third-order valence-electron chi connectivity index (χ3n) is 1.80. The summed E-state index contributed by atoms with van der Waals surface area (Å²) in [5.74, 6) is 0. The van der Waals surface area contributed by atoms with E-state index in [2.05, 4.69) is 17.6 Å². The molecule has 0 amide bonds. The monoisotopic (exact) mass is 114 g/mol. The first-order valence-electron chi connectivity index (χ1n) is 3.30. The van der Waals surface area contributed by atoms with Gasteiger partial charge in [0.2, 0.25) is 0 Å². The van der Waals surface area contributed by atoms with Gasteiger partial charge in [-0.2, -0.15) is 0 Å². The zero-order chi connectivity index (χ0) is 5.98. The van der Waals surface area contributed by atoms with Crippen molar-refractivity contribution in [3.63, 3.8) is 0 Å². The molecule has 1 aliphatic rings. The number of hydrogen-bond donors (Lipinski definition) is 2. The van der Waals surface area contributed by atoms with E-state index >= 15 is 0 Å². The Morgan fingerprint density at radius 2 is 2.38 bits per heavy atom. The second-order valence-electron chi connectivity index (χ2n) is 2.35. The zero-order valence-corrected chi connectivity index (χ0v) is 5.57.